The summed E-state index contributed by atoms with van der Waals surface area (Å²) in [6.45, 7) is 3.94. The molecule has 3 rings (SSSR count). The summed E-state index contributed by atoms with van der Waals surface area (Å²) in [6, 6.07) is 7.70. The lowest BCUT2D eigenvalue weighted by Gasteiger charge is -2.25. The van der Waals surface area contributed by atoms with Gasteiger partial charge in [0.05, 0.1) is 7.11 Å². The van der Waals surface area contributed by atoms with Gasteiger partial charge in [-0.3, -0.25) is 0 Å². The zero-order valence-corrected chi connectivity index (χ0v) is 12.2. The van der Waals surface area contributed by atoms with Crippen molar-refractivity contribution in [2.24, 2.45) is 0 Å². The van der Waals surface area contributed by atoms with Crippen molar-refractivity contribution in [3.63, 3.8) is 0 Å². The van der Waals surface area contributed by atoms with Gasteiger partial charge in [0.2, 0.25) is 5.95 Å². The molecule has 0 atom stereocenters. The maximum Gasteiger partial charge on any atom is 0.229 e. The molecule has 108 valence electrons. The molecule has 0 bridgehead atoms. The van der Waals surface area contributed by atoms with E-state index in [9.17, 15) is 0 Å². The fourth-order valence-electron chi connectivity index (χ4n) is 2.29. The van der Waals surface area contributed by atoms with E-state index in [2.05, 4.69) is 39.3 Å². The average Bonchev–Trinajstić information content (AvgIpc) is 2.55. The number of hydrogen-bond acceptors (Lipinski definition) is 5. The Bertz CT molecular complexity index is 652. The van der Waals surface area contributed by atoms with Gasteiger partial charge in [0, 0.05) is 30.5 Å². The summed E-state index contributed by atoms with van der Waals surface area (Å²) < 4.78 is 5.15. The first-order chi connectivity index (χ1) is 10.3. The standard InChI is InChI=1S/C16H18N4O/c1-3-20-10-4-5-12-11-17-16(19-15(12)20)18-13-6-8-14(21-2)9-7-13/h4-9,11H,3,10H2,1-2H3,(H,17,18,19). The van der Waals surface area contributed by atoms with Gasteiger partial charge in [-0.15, -0.1) is 0 Å². The first-order valence-electron chi connectivity index (χ1n) is 6.99. The average molecular weight is 282 g/mol. The largest absolute Gasteiger partial charge is 0.497 e. The van der Waals surface area contributed by atoms with Crippen LogP contribution in [-0.2, 0) is 0 Å². The number of anilines is 3. The summed E-state index contributed by atoms with van der Waals surface area (Å²) in [5, 5.41) is 3.22. The molecule has 0 saturated heterocycles. The molecule has 0 amide bonds. The van der Waals surface area contributed by atoms with Crippen molar-refractivity contribution in [1.29, 1.82) is 0 Å². The molecule has 2 heterocycles. The van der Waals surface area contributed by atoms with Crippen LogP contribution in [0.4, 0.5) is 17.5 Å². The molecule has 0 radical (unpaired) electrons. The zero-order valence-electron chi connectivity index (χ0n) is 12.2. The van der Waals surface area contributed by atoms with Crippen LogP contribution < -0.4 is 15.0 Å². The quantitative estimate of drug-likeness (QED) is 0.934. The van der Waals surface area contributed by atoms with Crippen LogP contribution in [0.2, 0.25) is 0 Å². The van der Waals surface area contributed by atoms with Crippen molar-refractivity contribution in [2.45, 2.75) is 6.92 Å². The van der Waals surface area contributed by atoms with Crippen LogP contribution >= 0.6 is 0 Å². The number of likely N-dealkylation sites (N-methyl/N-ethyl adjacent to an activating group) is 1. The minimum atomic E-state index is 0.604. The Balaban J connectivity index is 1.84. The normalized spacial score (nSPS) is 13.0. The van der Waals surface area contributed by atoms with E-state index in [-0.39, 0.29) is 0 Å². The molecule has 5 nitrogen and oxygen atoms in total. The Morgan fingerprint density at radius 1 is 1.29 bits per heavy atom. The van der Waals surface area contributed by atoms with E-state index in [0.717, 1.165) is 35.9 Å². The van der Waals surface area contributed by atoms with Crippen molar-refractivity contribution < 1.29 is 4.74 Å². The minimum absolute atomic E-state index is 0.604. The van der Waals surface area contributed by atoms with Crippen LogP contribution in [0.5, 0.6) is 5.75 Å². The molecular formula is C16H18N4O. The van der Waals surface area contributed by atoms with Gasteiger partial charge in [0.1, 0.15) is 11.6 Å². The molecule has 1 aliphatic rings. The first kappa shape index (κ1) is 13.4. The van der Waals surface area contributed by atoms with Gasteiger partial charge in [-0.2, -0.15) is 4.98 Å². The van der Waals surface area contributed by atoms with Crippen LogP contribution in [0.1, 0.15) is 12.5 Å². The molecular weight excluding hydrogens is 264 g/mol. The second kappa shape index (κ2) is 5.83. The summed E-state index contributed by atoms with van der Waals surface area (Å²) in [5.74, 6) is 2.41. The summed E-state index contributed by atoms with van der Waals surface area (Å²) in [7, 11) is 1.65. The third kappa shape index (κ3) is 2.81. The van der Waals surface area contributed by atoms with Crippen molar-refractivity contribution in [2.75, 3.05) is 30.4 Å². The molecule has 1 aromatic heterocycles. The van der Waals surface area contributed by atoms with E-state index in [4.69, 9.17) is 4.74 Å². The highest BCUT2D eigenvalue weighted by molar-refractivity contribution is 5.69. The number of nitrogens with one attached hydrogen (secondary N) is 1. The number of methoxy groups -OCH3 is 1. The van der Waals surface area contributed by atoms with Crippen LogP contribution in [0.3, 0.4) is 0 Å². The van der Waals surface area contributed by atoms with Gasteiger partial charge in [-0.1, -0.05) is 12.2 Å². The Hall–Kier alpha value is -2.56. The lowest BCUT2D eigenvalue weighted by Crippen LogP contribution is -2.27. The molecule has 0 aliphatic carbocycles. The Kier molecular flexibility index (Phi) is 3.73. The highest BCUT2D eigenvalue weighted by Gasteiger charge is 2.14. The van der Waals surface area contributed by atoms with Crippen LogP contribution in [0.15, 0.2) is 36.5 Å². The number of nitrogens with zero attached hydrogens (tertiary/aromatic N) is 3. The van der Waals surface area contributed by atoms with Crippen LogP contribution in [0.25, 0.3) is 6.08 Å². The van der Waals surface area contributed by atoms with Crippen molar-refractivity contribution in [3.8, 4) is 5.75 Å². The highest BCUT2D eigenvalue weighted by atomic mass is 16.5. The molecule has 5 heteroatoms. The predicted molar refractivity (Wildman–Crippen MR) is 85.2 cm³/mol. The Morgan fingerprint density at radius 3 is 2.81 bits per heavy atom. The molecule has 0 unspecified atom stereocenters. The number of hydrogen-bond donors (Lipinski definition) is 1. The Morgan fingerprint density at radius 2 is 2.10 bits per heavy atom. The third-order valence-corrected chi connectivity index (χ3v) is 3.45. The van der Waals surface area contributed by atoms with Gasteiger partial charge in [-0.25, -0.2) is 4.98 Å². The predicted octanol–water partition coefficient (Wildman–Crippen LogP) is 3.08. The SMILES string of the molecule is CCN1CC=Cc2cnc(Nc3ccc(OC)cc3)nc21. The van der Waals surface area contributed by atoms with Gasteiger partial charge in [-0.05, 0) is 31.2 Å². The zero-order chi connectivity index (χ0) is 14.7. The number of aromatic nitrogens is 2. The van der Waals surface area contributed by atoms with Gasteiger partial charge >= 0.3 is 0 Å². The molecule has 0 spiro atoms. The fourth-order valence-corrected chi connectivity index (χ4v) is 2.29. The number of benzene rings is 1. The smallest absolute Gasteiger partial charge is 0.229 e. The number of fused-ring (bicyclic) bond motifs is 1. The summed E-state index contributed by atoms with van der Waals surface area (Å²) in [5.41, 5.74) is 1.99. The number of rotatable bonds is 4. The maximum atomic E-state index is 5.15. The highest BCUT2D eigenvalue weighted by Crippen LogP contribution is 2.25. The minimum Gasteiger partial charge on any atom is -0.497 e. The Labute approximate surface area is 124 Å². The molecule has 1 N–H and O–H groups in total. The summed E-state index contributed by atoms with van der Waals surface area (Å²) >= 11 is 0. The van der Waals surface area contributed by atoms with E-state index in [1.807, 2.05) is 30.5 Å². The molecule has 0 saturated carbocycles. The lowest BCUT2D eigenvalue weighted by molar-refractivity contribution is 0.415. The number of ether oxygens (including phenoxy) is 1. The molecule has 2 aromatic rings. The molecule has 0 fully saturated rings. The van der Waals surface area contributed by atoms with E-state index in [0.29, 0.717) is 5.95 Å². The third-order valence-electron chi connectivity index (χ3n) is 3.45. The summed E-state index contributed by atoms with van der Waals surface area (Å²) in [4.78, 5) is 11.2. The summed E-state index contributed by atoms with van der Waals surface area (Å²) in [6.07, 6.45) is 6.05. The van der Waals surface area contributed by atoms with E-state index >= 15 is 0 Å². The van der Waals surface area contributed by atoms with Crippen molar-refractivity contribution in [1.82, 2.24) is 9.97 Å². The van der Waals surface area contributed by atoms with Crippen LogP contribution in [-0.4, -0.2) is 30.2 Å². The first-order valence-corrected chi connectivity index (χ1v) is 6.99. The van der Waals surface area contributed by atoms with E-state index in [1.54, 1.807) is 7.11 Å². The molecule has 1 aromatic carbocycles. The van der Waals surface area contributed by atoms with E-state index in [1.165, 1.54) is 0 Å². The lowest BCUT2D eigenvalue weighted by atomic mass is 10.2. The second-order valence-electron chi connectivity index (χ2n) is 4.77. The fraction of sp³-hybridized carbons (Fsp3) is 0.250. The second-order valence-corrected chi connectivity index (χ2v) is 4.77. The maximum absolute atomic E-state index is 5.15. The monoisotopic (exact) mass is 282 g/mol. The van der Waals surface area contributed by atoms with Crippen molar-refractivity contribution >= 4 is 23.5 Å². The van der Waals surface area contributed by atoms with Crippen molar-refractivity contribution in [3.05, 3.63) is 42.1 Å². The molecule has 21 heavy (non-hydrogen) atoms. The van der Waals surface area contributed by atoms with Gasteiger partial charge in [0.25, 0.3) is 0 Å². The van der Waals surface area contributed by atoms with Crippen LogP contribution in [0, 0.1) is 0 Å². The van der Waals surface area contributed by atoms with Gasteiger partial charge in [0.15, 0.2) is 0 Å². The topological polar surface area (TPSA) is 50.3 Å². The molecule has 1 aliphatic heterocycles. The van der Waals surface area contributed by atoms with Gasteiger partial charge < -0.3 is 15.0 Å². The van der Waals surface area contributed by atoms with E-state index < -0.39 is 0 Å².